The highest BCUT2D eigenvalue weighted by Gasteiger charge is 2.10. The maximum atomic E-state index is 12.4. The SMILES string of the molecule is O=C(Nc1cc(Br)c(O)c(Br)c1)c1ccc(-c2ccccc2)cc1. The molecule has 0 saturated heterocycles. The number of carbonyl (C=O) groups is 1. The summed E-state index contributed by atoms with van der Waals surface area (Å²) in [7, 11) is 0. The molecule has 0 unspecified atom stereocenters. The third-order valence-electron chi connectivity index (χ3n) is 3.53. The summed E-state index contributed by atoms with van der Waals surface area (Å²) in [5.41, 5.74) is 3.32. The minimum Gasteiger partial charge on any atom is -0.506 e. The Balaban J connectivity index is 1.78. The average Bonchev–Trinajstić information content (AvgIpc) is 2.60. The van der Waals surface area contributed by atoms with Crippen LogP contribution in [-0.2, 0) is 0 Å². The minimum absolute atomic E-state index is 0.0974. The number of halogens is 2. The fourth-order valence-corrected chi connectivity index (χ4v) is 3.47. The van der Waals surface area contributed by atoms with Gasteiger partial charge in [-0.1, -0.05) is 42.5 Å². The van der Waals surface area contributed by atoms with Gasteiger partial charge in [0.15, 0.2) is 0 Å². The number of rotatable bonds is 3. The molecule has 0 aromatic heterocycles. The van der Waals surface area contributed by atoms with E-state index in [1.807, 2.05) is 42.5 Å². The highest BCUT2D eigenvalue weighted by Crippen LogP contribution is 2.35. The van der Waals surface area contributed by atoms with E-state index in [2.05, 4.69) is 37.2 Å². The van der Waals surface area contributed by atoms with E-state index in [4.69, 9.17) is 0 Å². The molecule has 1 amide bonds. The molecule has 0 saturated carbocycles. The number of phenolic OH excluding ortho intramolecular Hbond substituents is 1. The first-order valence-corrected chi connectivity index (χ1v) is 8.78. The van der Waals surface area contributed by atoms with Crippen LogP contribution in [0.4, 0.5) is 5.69 Å². The van der Waals surface area contributed by atoms with Crippen molar-refractivity contribution < 1.29 is 9.90 Å². The Kier molecular flexibility index (Phi) is 5.02. The molecular formula is C19H13Br2NO2. The van der Waals surface area contributed by atoms with E-state index >= 15 is 0 Å². The average molecular weight is 447 g/mol. The standard InChI is InChI=1S/C19H13Br2NO2/c20-16-10-15(11-17(21)18(16)23)22-19(24)14-8-6-13(7-9-14)12-4-2-1-3-5-12/h1-11,23H,(H,22,24). The smallest absolute Gasteiger partial charge is 0.255 e. The molecule has 2 N–H and O–H groups in total. The van der Waals surface area contributed by atoms with E-state index < -0.39 is 0 Å². The zero-order valence-electron chi connectivity index (χ0n) is 12.5. The Labute approximate surface area is 156 Å². The van der Waals surface area contributed by atoms with E-state index in [1.165, 1.54) is 0 Å². The second-order valence-electron chi connectivity index (χ2n) is 5.19. The lowest BCUT2D eigenvalue weighted by Gasteiger charge is -2.09. The van der Waals surface area contributed by atoms with Crippen molar-refractivity contribution in [2.45, 2.75) is 0 Å². The van der Waals surface area contributed by atoms with Gasteiger partial charge in [0.2, 0.25) is 0 Å². The lowest BCUT2D eigenvalue weighted by molar-refractivity contribution is 0.102. The Hall–Kier alpha value is -2.11. The van der Waals surface area contributed by atoms with Gasteiger partial charge in [-0.15, -0.1) is 0 Å². The van der Waals surface area contributed by atoms with Crippen LogP contribution >= 0.6 is 31.9 Å². The molecule has 3 aromatic rings. The number of aromatic hydroxyl groups is 1. The van der Waals surface area contributed by atoms with E-state index in [0.717, 1.165) is 11.1 Å². The van der Waals surface area contributed by atoms with E-state index in [9.17, 15) is 9.90 Å². The van der Waals surface area contributed by atoms with Crippen molar-refractivity contribution in [3.8, 4) is 16.9 Å². The number of hydrogen-bond acceptors (Lipinski definition) is 2. The van der Waals surface area contributed by atoms with E-state index in [0.29, 0.717) is 20.2 Å². The quantitative estimate of drug-likeness (QED) is 0.496. The molecule has 3 aromatic carbocycles. The summed E-state index contributed by atoms with van der Waals surface area (Å²) < 4.78 is 1.01. The van der Waals surface area contributed by atoms with Gasteiger partial charge >= 0.3 is 0 Å². The van der Waals surface area contributed by atoms with Gasteiger partial charge < -0.3 is 10.4 Å². The molecule has 0 aliphatic carbocycles. The van der Waals surface area contributed by atoms with Crippen LogP contribution < -0.4 is 5.32 Å². The normalized spacial score (nSPS) is 10.4. The highest BCUT2D eigenvalue weighted by atomic mass is 79.9. The van der Waals surface area contributed by atoms with Crippen LogP contribution in [0.2, 0.25) is 0 Å². The number of amides is 1. The zero-order valence-corrected chi connectivity index (χ0v) is 15.6. The number of carbonyl (C=O) groups excluding carboxylic acids is 1. The van der Waals surface area contributed by atoms with Crippen molar-refractivity contribution in [3.63, 3.8) is 0 Å². The molecule has 0 radical (unpaired) electrons. The molecule has 0 bridgehead atoms. The summed E-state index contributed by atoms with van der Waals surface area (Å²) in [6.45, 7) is 0. The van der Waals surface area contributed by atoms with Crippen molar-refractivity contribution in [1.29, 1.82) is 0 Å². The molecular weight excluding hydrogens is 434 g/mol. The molecule has 0 heterocycles. The van der Waals surface area contributed by atoms with E-state index in [1.54, 1.807) is 24.3 Å². The molecule has 0 spiro atoms. The summed E-state index contributed by atoms with van der Waals surface area (Å²) >= 11 is 6.49. The molecule has 0 atom stereocenters. The molecule has 0 fully saturated rings. The second-order valence-corrected chi connectivity index (χ2v) is 6.89. The molecule has 24 heavy (non-hydrogen) atoms. The molecule has 120 valence electrons. The Morgan fingerprint density at radius 2 is 1.38 bits per heavy atom. The van der Waals surface area contributed by atoms with Crippen LogP contribution in [0.15, 0.2) is 75.7 Å². The van der Waals surface area contributed by atoms with Gasteiger partial charge in [0.25, 0.3) is 5.91 Å². The number of phenols is 1. The van der Waals surface area contributed by atoms with Gasteiger partial charge in [0, 0.05) is 11.3 Å². The van der Waals surface area contributed by atoms with Crippen LogP contribution in [0.3, 0.4) is 0 Å². The van der Waals surface area contributed by atoms with Gasteiger partial charge in [-0.25, -0.2) is 0 Å². The van der Waals surface area contributed by atoms with Crippen LogP contribution in [0.25, 0.3) is 11.1 Å². The van der Waals surface area contributed by atoms with Gasteiger partial charge in [-0.3, -0.25) is 4.79 Å². The first kappa shape index (κ1) is 16.7. The largest absolute Gasteiger partial charge is 0.506 e. The topological polar surface area (TPSA) is 49.3 Å². The lowest BCUT2D eigenvalue weighted by atomic mass is 10.0. The third kappa shape index (κ3) is 3.68. The second kappa shape index (κ2) is 7.20. The highest BCUT2D eigenvalue weighted by molar-refractivity contribution is 9.11. The Bertz CT molecular complexity index is 855. The molecule has 3 nitrogen and oxygen atoms in total. The first-order valence-electron chi connectivity index (χ1n) is 7.19. The van der Waals surface area contributed by atoms with Crippen LogP contribution in [0.5, 0.6) is 5.75 Å². The summed E-state index contributed by atoms with van der Waals surface area (Å²) in [5, 5.41) is 12.5. The Morgan fingerprint density at radius 1 is 0.833 bits per heavy atom. The van der Waals surface area contributed by atoms with Gasteiger partial charge in [0.1, 0.15) is 5.75 Å². The maximum absolute atomic E-state index is 12.4. The summed E-state index contributed by atoms with van der Waals surface area (Å²) in [4.78, 5) is 12.4. The molecule has 5 heteroatoms. The number of hydrogen-bond donors (Lipinski definition) is 2. The monoisotopic (exact) mass is 445 g/mol. The summed E-state index contributed by atoms with van der Waals surface area (Å²) in [6.07, 6.45) is 0. The van der Waals surface area contributed by atoms with Crippen LogP contribution in [0, 0.1) is 0 Å². The number of anilines is 1. The van der Waals surface area contributed by atoms with Gasteiger partial charge in [0.05, 0.1) is 8.95 Å². The van der Waals surface area contributed by atoms with Crippen LogP contribution in [0.1, 0.15) is 10.4 Å². The lowest BCUT2D eigenvalue weighted by Crippen LogP contribution is -2.11. The maximum Gasteiger partial charge on any atom is 0.255 e. The summed E-state index contributed by atoms with van der Waals surface area (Å²) in [5.74, 6) is -0.112. The predicted octanol–water partition coefficient (Wildman–Crippen LogP) is 5.84. The Morgan fingerprint density at radius 3 is 1.96 bits per heavy atom. The van der Waals surface area contributed by atoms with Gasteiger partial charge in [-0.2, -0.15) is 0 Å². The predicted molar refractivity (Wildman–Crippen MR) is 103 cm³/mol. The number of nitrogens with one attached hydrogen (secondary N) is 1. The molecule has 0 aliphatic heterocycles. The van der Waals surface area contributed by atoms with Crippen molar-refractivity contribution in [2.24, 2.45) is 0 Å². The van der Waals surface area contributed by atoms with Crippen molar-refractivity contribution in [1.82, 2.24) is 0 Å². The number of benzene rings is 3. The fourth-order valence-electron chi connectivity index (χ4n) is 2.29. The van der Waals surface area contributed by atoms with Crippen molar-refractivity contribution in [2.75, 3.05) is 5.32 Å². The minimum atomic E-state index is -0.209. The molecule has 3 rings (SSSR count). The van der Waals surface area contributed by atoms with Gasteiger partial charge in [-0.05, 0) is 67.3 Å². The first-order chi connectivity index (χ1) is 11.5. The van der Waals surface area contributed by atoms with Crippen LogP contribution in [-0.4, -0.2) is 11.0 Å². The zero-order chi connectivity index (χ0) is 17.1. The molecule has 0 aliphatic rings. The van der Waals surface area contributed by atoms with E-state index in [-0.39, 0.29) is 11.7 Å². The van der Waals surface area contributed by atoms with Crippen molar-refractivity contribution >= 4 is 43.5 Å². The fraction of sp³-hybridized carbons (Fsp3) is 0. The summed E-state index contributed by atoms with van der Waals surface area (Å²) in [6, 6.07) is 20.7. The third-order valence-corrected chi connectivity index (χ3v) is 4.74. The van der Waals surface area contributed by atoms with Crippen molar-refractivity contribution in [3.05, 3.63) is 81.2 Å².